The second-order valence-corrected chi connectivity index (χ2v) is 10.4. The summed E-state index contributed by atoms with van der Waals surface area (Å²) in [6.07, 6.45) is 7.53. The van der Waals surface area contributed by atoms with Crippen LogP contribution in [0.3, 0.4) is 0 Å². The number of anilines is 1. The van der Waals surface area contributed by atoms with Gasteiger partial charge in [-0.1, -0.05) is 6.07 Å². The topological polar surface area (TPSA) is 82.5 Å². The van der Waals surface area contributed by atoms with E-state index in [1.807, 2.05) is 12.1 Å². The molecule has 1 amide bonds. The number of nitrogens with one attached hydrogen (secondary N) is 1. The first-order valence-corrected chi connectivity index (χ1v) is 11.6. The van der Waals surface area contributed by atoms with Crippen LogP contribution in [0.25, 0.3) is 0 Å². The maximum atomic E-state index is 13.0. The van der Waals surface area contributed by atoms with Gasteiger partial charge in [0.15, 0.2) is 0 Å². The molecule has 2 heterocycles. The zero-order chi connectivity index (χ0) is 20.9. The number of carbonyl (C=O) groups is 2. The van der Waals surface area contributed by atoms with Crippen LogP contribution in [0, 0.1) is 23.7 Å². The SMILES string of the molecule is CC(=O)CC1CCN(c2cccc(C(=O)NC3C4CC5CC3CC(O)(C5)C4)n2)CC1. The van der Waals surface area contributed by atoms with Crippen molar-refractivity contribution in [3.05, 3.63) is 23.9 Å². The molecule has 4 saturated carbocycles. The first kappa shape index (κ1) is 20.0. The lowest BCUT2D eigenvalue weighted by molar-refractivity contribution is -0.137. The first-order valence-electron chi connectivity index (χ1n) is 11.6. The number of hydrogen-bond donors (Lipinski definition) is 2. The van der Waals surface area contributed by atoms with E-state index in [9.17, 15) is 14.7 Å². The molecule has 1 aromatic rings. The third-order valence-electron chi connectivity index (χ3n) is 8.02. The molecule has 2 atom stereocenters. The maximum Gasteiger partial charge on any atom is 0.270 e. The maximum absolute atomic E-state index is 13.0. The van der Waals surface area contributed by atoms with Gasteiger partial charge in [0.25, 0.3) is 5.91 Å². The summed E-state index contributed by atoms with van der Waals surface area (Å²) < 4.78 is 0. The van der Waals surface area contributed by atoms with Crippen molar-refractivity contribution >= 4 is 17.5 Å². The molecule has 6 heteroatoms. The molecule has 0 spiro atoms. The lowest BCUT2D eigenvalue weighted by atomic mass is 9.52. The van der Waals surface area contributed by atoms with Crippen molar-refractivity contribution in [2.45, 2.75) is 69.9 Å². The Labute approximate surface area is 178 Å². The molecular formula is C24H33N3O3. The van der Waals surface area contributed by atoms with Crippen LogP contribution in [0.2, 0.25) is 0 Å². The van der Waals surface area contributed by atoms with E-state index in [1.165, 1.54) is 0 Å². The first-order chi connectivity index (χ1) is 14.4. The molecule has 4 bridgehead atoms. The second kappa shape index (κ2) is 7.63. The Morgan fingerprint density at radius 3 is 2.50 bits per heavy atom. The van der Waals surface area contributed by atoms with Gasteiger partial charge in [0.1, 0.15) is 17.3 Å². The van der Waals surface area contributed by atoms with Crippen LogP contribution in [0.4, 0.5) is 5.82 Å². The smallest absolute Gasteiger partial charge is 0.270 e. The van der Waals surface area contributed by atoms with E-state index in [1.54, 1.807) is 13.0 Å². The average Bonchev–Trinajstić information content (AvgIpc) is 2.69. The Morgan fingerprint density at radius 2 is 1.87 bits per heavy atom. The molecule has 2 unspecified atom stereocenters. The van der Waals surface area contributed by atoms with Gasteiger partial charge in [0.2, 0.25) is 0 Å². The van der Waals surface area contributed by atoms with E-state index in [0.29, 0.717) is 35.8 Å². The number of aliphatic hydroxyl groups is 1. The number of rotatable bonds is 5. The van der Waals surface area contributed by atoms with E-state index < -0.39 is 5.60 Å². The summed E-state index contributed by atoms with van der Waals surface area (Å²) in [5.74, 6) is 2.92. The van der Waals surface area contributed by atoms with Crippen molar-refractivity contribution in [3.63, 3.8) is 0 Å². The molecule has 1 aliphatic heterocycles. The van der Waals surface area contributed by atoms with Gasteiger partial charge >= 0.3 is 0 Å². The van der Waals surface area contributed by atoms with Crippen LogP contribution in [0.1, 0.15) is 68.8 Å². The Balaban J connectivity index is 1.23. The fourth-order valence-corrected chi connectivity index (χ4v) is 6.94. The lowest BCUT2D eigenvalue weighted by Gasteiger charge is -2.58. The van der Waals surface area contributed by atoms with Crippen LogP contribution in [0.5, 0.6) is 0 Å². The highest BCUT2D eigenvalue weighted by Crippen LogP contribution is 2.55. The van der Waals surface area contributed by atoms with Gasteiger partial charge < -0.3 is 20.1 Å². The van der Waals surface area contributed by atoms with Crippen molar-refractivity contribution in [2.75, 3.05) is 18.0 Å². The Bertz CT molecular complexity index is 817. The number of hydrogen-bond acceptors (Lipinski definition) is 5. The molecule has 0 radical (unpaired) electrons. The van der Waals surface area contributed by atoms with Gasteiger partial charge in [-0.2, -0.15) is 0 Å². The van der Waals surface area contributed by atoms with Gasteiger partial charge in [-0.25, -0.2) is 4.98 Å². The van der Waals surface area contributed by atoms with Crippen LogP contribution >= 0.6 is 0 Å². The van der Waals surface area contributed by atoms with Crippen molar-refractivity contribution < 1.29 is 14.7 Å². The van der Waals surface area contributed by atoms with E-state index >= 15 is 0 Å². The van der Waals surface area contributed by atoms with Crippen LogP contribution in [-0.2, 0) is 4.79 Å². The average molecular weight is 412 g/mol. The molecule has 6 rings (SSSR count). The van der Waals surface area contributed by atoms with E-state index in [0.717, 1.165) is 63.9 Å². The summed E-state index contributed by atoms with van der Waals surface area (Å²) in [4.78, 5) is 31.3. The third-order valence-corrected chi connectivity index (χ3v) is 8.02. The van der Waals surface area contributed by atoms with E-state index in [2.05, 4.69) is 15.2 Å². The summed E-state index contributed by atoms with van der Waals surface area (Å²) in [6, 6.07) is 5.85. The molecule has 6 nitrogen and oxygen atoms in total. The van der Waals surface area contributed by atoms with Gasteiger partial charge in [-0.3, -0.25) is 4.79 Å². The molecule has 1 saturated heterocycles. The number of carbonyl (C=O) groups excluding carboxylic acids is 2. The highest BCUT2D eigenvalue weighted by molar-refractivity contribution is 5.93. The minimum absolute atomic E-state index is 0.0900. The van der Waals surface area contributed by atoms with Crippen molar-refractivity contribution in [1.82, 2.24) is 10.3 Å². The minimum atomic E-state index is -0.482. The fourth-order valence-electron chi connectivity index (χ4n) is 6.94. The van der Waals surface area contributed by atoms with E-state index in [-0.39, 0.29) is 17.7 Å². The van der Waals surface area contributed by atoms with Gasteiger partial charge in [-0.05, 0) is 87.7 Å². The van der Waals surface area contributed by atoms with Crippen molar-refractivity contribution in [1.29, 1.82) is 0 Å². The lowest BCUT2D eigenvalue weighted by Crippen LogP contribution is -2.61. The summed E-state index contributed by atoms with van der Waals surface area (Å²) in [5.41, 5.74) is -0.00408. The number of nitrogens with zero attached hydrogens (tertiary/aromatic N) is 2. The van der Waals surface area contributed by atoms with Crippen molar-refractivity contribution in [2.24, 2.45) is 23.7 Å². The molecule has 0 aromatic carbocycles. The highest BCUT2D eigenvalue weighted by atomic mass is 16.3. The molecule has 2 N–H and O–H groups in total. The summed E-state index contributed by atoms with van der Waals surface area (Å²) >= 11 is 0. The molecule has 30 heavy (non-hydrogen) atoms. The monoisotopic (exact) mass is 411 g/mol. The van der Waals surface area contributed by atoms with Crippen molar-refractivity contribution in [3.8, 4) is 0 Å². The predicted octanol–water partition coefficient (Wildman–Crippen LogP) is 2.95. The quantitative estimate of drug-likeness (QED) is 0.778. The Kier molecular flexibility index (Phi) is 5.08. The van der Waals surface area contributed by atoms with Crippen LogP contribution in [-0.4, -0.2) is 46.5 Å². The third kappa shape index (κ3) is 3.86. The van der Waals surface area contributed by atoms with Crippen LogP contribution < -0.4 is 10.2 Å². The molecule has 5 fully saturated rings. The van der Waals surface area contributed by atoms with Gasteiger partial charge in [0, 0.05) is 25.6 Å². The largest absolute Gasteiger partial charge is 0.390 e. The summed E-state index contributed by atoms with van der Waals surface area (Å²) in [5, 5.41) is 14.1. The molecule has 162 valence electrons. The molecular weight excluding hydrogens is 378 g/mol. The fraction of sp³-hybridized carbons (Fsp3) is 0.708. The molecule has 5 aliphatic rings. The zero-order valence-electron chi connectivity index (χ0n) is 17.8. The van der Waals surface area contributed by atoms with E-state index in [4.69, 9.17) is 0 Å². The number of ketones is 1. The Hall–Kier alpha value is -1.95. The second-order valence-electron chi connectivity index (χ2n) is 10.4. The van der Waals surface area contributed by atoms with Gasteiger partial charge in [0.05, 0.1) is 5.60 Å². The number of amides is 1. The Morgan fingerprint density at radius 1 is 1.17 bits per heavy atom. The normalized spacial score (nSPS) is 35.5. The highest BCUT2D eigenvalue weighted by Gasteiger charge is 2.55. The number of Topliss-reactive ketones (excluding diaryl/α,β-unsaturated/α-hetero) is 1. The zero-order valence-corrected chi connectivity index (χ0v) is 17.8. The summed E-state index contributed by atoms with van der Waals surface area (Å²) in [6.45, 7) is 3.42. The standard InChI is InChI=1S/C24H33N3O3/c1-15(28)9-16-5-7-27(8-6-16)21-4-2-3-20(25-21)23(29)26-22-18-10-17-11-19(22)14-24(30,12-17)13-18/h2-4,16-19,22,30H,5-14H2,1H3,(H,26,29). The molecule has 4 aliphatic carbocycles. The molecule has 1 aromatic heterocycles. The predicted molar refractivity (Wildman–Crippen MR) is 114 cm³/mol. The number of piperidine rings is 1. The summed E-state index contributed by atoms with van der Waals surface area (Å²) in [7, 11) is 0. The van der Waals surface area contributed by atoms with Gasteiger partial charge in [-0.15, -0.1) is 0 Å². The number of aromatic nitrogens is 1. The minimum Gasteiger partial charge on any atom is -0.390 e. The van der Waals surface area contributed by atoms with Crippen LogP contribution in [0.15, 0.2) is 18.2 Å². The number of pyridine rings is 1.